The highest BCUT2D eigenvalue weighted by molar-refractivity contribution is 7.18. The first-order valence-corrected chi connectivity index (χ1v) is 9.89. The van der Waals surface area contributed by atoms with Crippen molar-refractivity contribution in [3.63, 3.8) is 0 Å². The summed E-state index contributed by atoms with van der Waals surface area (Å²) in [4.78, 5) is 23.7. The second kappa shape index (κ2) is 8.93. The van der Waals surface area contributed by atoms with E-state index in [1.165, 1.54) is 0 Å². The normalized spacial score (nSPS) is 18.8. The van der Waals surface area contributed by atoms with Crippen LogP contribution in [0.3, 0.4) is 0 Å². The third-order valence-electron chi connectivity index (χ3n) is 4.46. The fourth-order valence-corrected chi connectivity index (χ4v) is 4.68. The Bertz CT molecular complexity index is 837. The second-order valence-corrected chi connectivity index (χ2v) is 7.86. The van der Waals surface area contributed by atoms with E-state index in [1.807, 2.05) is 18.2 Å². The summed E-state index contributed by atoms with van der Waals surface area (Å²) in [5, 5.41) is 12.1. The molecule has 1 atom stereocenters. The van der Waals surface area contributed by atoms with Gasteiger partial charge in [-0.15, -0.1) is 11.3 Å². The molecule has 1 aromatic heterocycles. The molecule has 9 heteroatoms. The Morgan fingerprint density at radius 3 is 2.59 bits per heavy atom. The van der Waals surface area contributed by atoms with Crippen molar-refractivity contribution in [2.75, 3.05) is 37.7 Å². The van der Waals surface area contributed by atoms with E-state index in [1.54, 1.807) is 11.3 Å². The predicted molar refractivity (Wildman–Crippen MR) is 107 cm³/mol. The summed E-state index contributed by atoms with van der Waals surface area (Å²) >= 11 is 13.8. The molecule has 2 aliphatic heterocycles. The van der Waals surface area contributed by atoms with Gasteiger partial charge in [0.15, 0.2) is 0 Å². The fourth-order valence-electron chi connectivity index (χ4n) is 3.18. The van der Waals surface area contributed by atoms with Crippen molar-refractivity contribution in [3.8, 4) is 0 Å². The first kappa shape index (κ1) is 19.9. The highest BCUT2D eigenvalue weighted by atomic mass is 35.5. The molecule has 0 spiro atoms. The summed E-state index contributed by atoms with van der Waals surface area (Å²) < 4.78 is 5.42. The van der Waals surface area contributed by atoms with E-state index in [0.717, 1.165) is 47.3 Å². The van der Waals surface area contributed by atoms with Gasteiger partial charge in [-0.1, -0.05) is 29.3 Å². The summed E-state index contributed by atoms with van der Waals surface area (Å²) in [7, 11) is 0. The molecule has 0 bridgehead atoms. The SMILES string of the molecule is O=C1NCC(c2ccc(Cl)c(Cl)c2)c2cc(N3CCOCC3)sc21.O=CO. The van der Waals surface area contributed by atoms with Crippen LogP contribution in [0.2, 0.25) is 10.0 Å². The molecule has 6 nitrogen and oxygen atoms in total. The quantitative estimate of drug-likeness (QED) is 0.715. The van der Waals surface area contributed by atoms with Crippen molar-refractivity contribution in [1.82, 2.24) is 5.32 Å². The van der Waals surface area contributed by atoms with Gasteiger partial charge in [-0.3, -0.25) is 9.59 Å². The minimum absolute atomic E-state index is 0.00539. The van der Waals surface area contributed by atoms with Gasteiger partial charge in [0.25, 0.3) is 12.4 Å². The van der Waals surface area contributed by atoms with Gasteiger partial charge in [0, 0.05) is 25.6 Å². The molecular weight excluding hydrogens is 411 g/mol. The zero-order chi connectivity index (χ0) is 19.4. The van der Waals surface area contributed by atoms with Crippen molar-refractivity contribution in [2.24, 2.45) is 0 Å². The van der Waals surface area contributed by atoms with Crippen molar-refractivity contribution >= 4 is 51.9 Å². The van der Waals surface area contributed by atoms with E-state index in [0.29, 0.717) is 16.6 Å². The van der Waals surface area contributed by atoms with E-state index in [2.05, 4.69) is 16.3 Å². The highest BCUT2D eigenvalue weighted by Crippen LogP contribution is 2.40. The number of carbonyl (C=O) groups excluding carboxylic acids is 1. The average molecular weight is 429 g/mol. The molecule has 1 fully saturated rings. The monoisotopic (exact) mass is 428 g/mol. The summed E-state index contributed by atoms with van der Waals surface area (Å²) in [6.45, 7) is 3.50. The number of amides is 1. The Hall–Kier alpha value is -1.80. The third-order valence-corrected chi connectivity index (χ3v) is 6.41. The van der Waals surface area contributed by atoms with E-state index < -0.39 is 0 Å². The summed E-state index contributed by atoms with van der Waals surface area (Å²) in [6, 6.07) is 7.83. The van der Waals surface area contributed by atoms with Crippen LogP contribution < -0.4 is 10.2 Å². The van der Waals surface area contributed by atoms with E-state index in [9.17, 15) is 4.79 Å². The first-order valence-electron chi connectivity index (χ1n) is 8.32. The third kappa shape index (κ3) is 4.38. The molecule has 0 radical (unpaired) electrons. The number of carbonyl (C=O) groups is 2. The molecule has 1 amide bonds. The van der Waals surface area contributed by atoms with Gasteiger partial charge >= 0.3 is 0 Å². The lowest BCUT2D eigenvalue weighted by molar-refractivity contribution is -0.122. The van der Waals surface area contributed by atoms with Crippen LogP contribution in [0, 0.1) is 0 Å². The van der Waals surface area contributed by atoms with Crippen molar-refractivity contribution < 1.29 is 19.4 Å². The number of morpholine rings is 1. The molecule has 0 aliphatic carbocycles. The number of benzene rings is 1. The van der Waals surface area contributed by atoms with Crippen molar-refractivity contribution in [2.45, 2.75) is 5.92 Å². The molecule has 2 N–H and O–H groups in total. The Kier molecular flexibility index (Phi) is 6.59. The summed E-state index contributed by atoms with van der Waals surface area (Å²) in [5.74, 6) is 0.101. The Morgan fingerprint density at radius 2 is 1.93 bits per heavy atom. The molecule has 1 aromatic carbocycles. The van der Waals surface area contributed by atoms with Crippen LogP contribution in [-0.2, 0) is 9.53 Å². The van der Waals surface area contributed by atoms with Crippen LogP contribution in [0.5, 0.6) is 0 Å². The molecule has 4 rings (SSSR count). The fraction of sp³-hybridized carbons (Fsp3) is 0.333. The van der Waals surface area contributed by atoms with Gasteiger partial charge in [-0.05, 0) is 29.3 Å². The van der Waals surface area contributed by atoms with Gasteiger partial charge in [-0.25, -0.2) is 0 Å². The molecule has 1 unspecified atom stereocenters. The number of hydrogen-bond donors (Lipinski definition) is 2. The number of fused-ring (bicyclic) bond motifs is 1. The summed E-state index contributed by atoms with van der Waals surface area (Å²) in [5.41, 5.74) is 2.14. The number of nitrogens with one attached hydrogen (secondary N) is 1. The standard InChI is InChI=1S/C17H16Cl2N2O2S.CH2O2/c18-13-2-1-10(7-14(13)19)12-9-20-17(22)16-11(12)8-15(24-16)21-3-5-23-6-4-21;2-1-3/h1-2,7-8,12H,3-6,9H2,(H,20,22);1H,(H,2,3). The van der Waals surface area contributed by atoms with E-state index >= 15 is 0 Å². The number of ether oxygens (including phenoxy) is 1. The van der Waals surface area contributed by atoms with Crippen LogP contribution in [-0.4, -0.2) is 50.3 Å². The number of halogens is 2. The Morgan fingerprint density at radius 1 is 1.22 bits per heavy atom. The lowest BCUT2D eigenvalue weighted by Gasteiger charge is -2.27. The van der Waals surface area contributed by atoms with Crippen LogP contribution >= 0.6 is 34.5 Å². The Balaban J connectivity index is 0.000000659. The van der Waals surface area contributed by atoms with Crippen molar-refractivity contribution in [3.05, 3.63) is 50.3 Å². The molecule has 3 heterocycles. The minimum Gasteiger partial charge on any atom is -0.483 e. The maximum absolute atomic E-state index is 12.3. The number of nitrogens with zero attached hydrogens (tertiary/aromatic N) is 1. The largest absolute Gasteiger partial charge is 0.483 e. The maximum Gasteiger partial charge on any atom is 0.290 e. The molecular formula is C18H18Cl2N2O4S. The van der Waals surface area contributed by atoms with Crippen LogP contribution in [0.4, 0.5) is 5.00 Å². The van der Waals surface area contributed by atoms with Crippen LogP contribution in [0.1, 0.15) is 26.7 Å². The number of hydrogen-bond acceptors (Lipinski definition) is 5. The smallest absolute Gasteiger partial charge is 0.290 e. The van der Waals surface area contributed by atoms with E-state index in [4.69, 9.17) is 37.8 Å². The first-order chi connectivity index (χ1) is 13.0. The number of rotatable bonds is 2. The molecule has 27 heavy (non-hydrogen) atoms. The molecule has 2 aliphatic rings. The van der Waals surface area contributed by atoms with Gasteiger partial charge in [0.05, 0.1) is 33.1 Å². The zero-order valence-corrected chi connectivity index (χ0v) is 16.6. The average Bonchev–Trinajstić information content (AvgIpc) is 3.12. The van der Waals surface area contributed by atoms with Gasteiger partial charge < -0.3 is 20.1 Å². The van der Waals surface area contributed by atoms with Crippen molar-refractivity contribution in [1.29, 1.82) is 0 Å². The number of anilines is 1. The predicted octanol–water partition coefficient (Wildman–Crippen LogP) is 3.47. The number of thiophene rings is 1. The van der Waals surface area contributed by atoms with Gasteiger partial charge in [0.1, 0.15) is 0 Å². The lowest BCUT2D eigenvalue weighted by Crippen LogP contribution is -2.35. The number of carboxylic acid groups (broad SMARTS) is 1. The maximum atomic E-state index is 12.3. The summed E-state index contributed by atoms with van der Waals surface area (Å²) in [6.07, 6.45) is 0. The molecule has 2 aromatic rings. The van der Waals surface area contributed by atoms with Gasteiger partial charge in [-0.2, -0.15) is 0 Å². The minimum atomic E-state index is -0.250. The van der Waals surface area contributed by atoms with Crippen LogP contribution in [0.15, 0.2) is 24.3 Å². The molecule has 1 saturated heterocycles. The molecule has 144 valence electrons. The second-order valence-electron chi connectivity index (χ2n) is 6.01. The lowest BCUT2D eigenvalue weighted by atomic mass is 9.89. The van der Waals surface area contributed by atoms with Crippen LogP contribution in [0.25, 0.3) is 0 Å². The zero-order valence-electron chi connectivity index (χ0n) is 14.3. The molecule has 0 saturated carbocycles. The Labute approximate surface area is 170 Å². The highest BCUT2D eigenvalue weighted by Gasteiger charge is 2.30. The van der Waals surface area contributed by atoms with Gasteiger partial charge in [0.2, 0.25) is 0 Å². The van der Waals surface area contributed by atoms with E-state index in [-0.39, 0.29) is 18.3 Å². The topological polar surface area (TPSA) is 78.9 Å².